The summed E-state index contributed by atoms with van der Waals surface area (Å²) < 4.78 is 1.80. The van der Waals surface area contributed by atoms with Gasteiger partial charge >= 0.3 is 0 Å². The molecule has 3 aromatic heterocycles. The molecule has 3 aromatic rings. The molecule has 0 aromatic carbocycles. The van der Waals surface area contributed by atoms with Crippen molar-refractivity contribution in [1.29, 1.82) is 0 Å². The second-order valence-electron chi connectivity index (χ2n) is 4.97. The fraction of sp³-hybridized carbons (Fsp3) is 0.400. The first-order chi connectivity index (χ1) is 10.2. The molecular formula is C15H19N5S. The van der Waals surface area contributed by atoms with Gasteiger partial charge in [-0.15, -0.1) is 11.3 Å². The average Bonchev–Trinajstić information content (AvgIpc) is 3.15. The molecule has 110 valence electrons. The number of hydrogen-bond donors (Lipinski definition) is 1. The number of aryl methyl sites for hydroxylation is 2. The first-order valence-corrected chi connectivity index (χ1v) is 8.09. The predicted octanol–water partition coefficient (Wildman–Crippen LogP) is 3.55. The Kier molecular flexibility index (Phi) is 3.88. The Morgan fingerprint density at radius 1 is 1.33 bits per heavy atom. The Morgan fingerprint density at radius 2 is 2.19 bits per heavy atom. The predicted molar refractivity (Wildman–Crippen MR) is 86.7 cm³/mol. The molecule has 21 heavy (non-hydrogen) atoms. The number of aromatic nitrogens is 4. The van der Waals surface area contributed by atoms with Crippen molar-refractivity contribution in [1.82, 2.24) is 19.7 Å². The van der Waals surface area contributed by atoms with E-state index in [-0.39, 0.29) is 6.04 Å². The van der Waals surface area contributed by atoms with Crippen molar-refractivity contribution < 1.29 is 0 Å². The highest BCUT2D eigenvalue weighted by atomic mass is 32.1. The molecule has 1 N–H and O–H groups in total. The van der Waals surface area contributed by atoms with Crippen molar-refractivity contribution >= 4 is 28.2 Å². The third-order valence-corrected chi connectivity index (χ3v) is 4.55. The molecule has 6 heteroatoms. The second-order valence-corrected chi connectivity index (χ2v) is 5.95. The largest absolute Gasteiger partial charge is 0.362 e. The van der Waals surface area contributed by atoms with Crippen LogP contribution in [0.15, 0.2) is 23.7 Å². The molecule has 0 bridgehead atoms. The van der Waals surface area contributed by atoms with Crippen molar-refractivity contribution in [3.05, 3.63) is 34.4 Å². The summed E-state index contributed by atoms with van der Waals surface area (Å²) in [4.78, 5) is 10.5. The minimum Gasteiger partial charge on any atom is -0.362 e. The van der Waals surface area contributed by atoms with Crippen LogP contribution in [0.5, 0.6) is 0 Å². The Bertz CT molecular complexity index is 732. The number of nitrogens with one attached hydrogen (secondary N) is 1. The number of thiophene rings is 1. The molecule has 0 saturated carbocycles. The Balaban J connectivity index is 2.02. The monoisotopic (exact) mass is 301 g/mol. The van der Waals surface area contributed by atoms with Crippen LogP contribution in [0, 0.1) is 0 Å². The summed E-state index contributed by atoms with van der Waals surface area (Å²) in [5.74, 6) is 1.72. The Morgan fingerprint density at radius 3 is 2.86 bits per heavy atom. The molecule has 3 rings (SSSR count). The van der Waals surface area contributed by atoms with Crippen LogP contribution in [-0.2, 0) is 13.5 Å². The normalized spacial score (nSPS) is 12.7. The lowest BCUT2D eigenvalue weighted by Crippen LogP contribution is -2.11. The minimum absolute atomic E-state index is 0.271. The van der Waals surface area contributed by atoms with E-state index in [9.17, 15) is 0 Å². The van der Waals surface area contributed by atoms with Gasteiger partial charge in [-0.25, -0.2) is 9.97 Å². The van der Waals surface area contributed by atoms with E-state index in [1.54, 1.807) is 16.0 Å². The van der Waals surface area contributed by atoms with Crippen molar-refractivity contribution in [3.8, 4) is 0 Å². The quantitative estimate of drug-likeness (QED) is 0.783. The van der Waals surface area contributed by atoms with Crippen LogP contribution >= 0.6 is 11.3 Å². The fourth-order valence-electron chi connectivity index (χ4n) is 2.36. The maximum absolute atomic E-state index is 4.66. The van der Waals surface area contributed by atoms with Gasteiger partial charge in [-0.3, -0.25) is 4.68 Å². The van der Waals surface area contributed by atoms with Gasteiger partial charge in [0.1, 0.15) is 11.6 Å². The van der Waals surface area contributed by atoms with Crippen LogP contribution < -0.4 is 5.32 Å². The van der Waals surface area contributed by atoms with Crippen LogP contribution in [0.4, 0.5) is 5.82 Å². The number of fused-ring (bicyclic) bond motifs is 1. The topological polar surface area (TPSA) is 55.6 Å². The van der Waals surface area contributed by atoms with Crippen molar-refractivity contribution in [2.24, 2.45) is 7.05 Å². The van der Waals surface area contributed by atoms with Gasteiger partial charge in [0, 0.05) is 18.3 Å². The molecule has 5 nitrogen and oxygen atoms in total. The summed E-state index contributed by atoms with van der Waals surface area (Å²) in [5, 5.41) is 11.0. The second kappa shape index (κ2) is 5.81. The van der Waals surface area contributed by atoms with E-state index < -0.39 is 0 Å². The van der Waals surface area contributed by atoms with E-state index in [2.05, 4.69) is 51.7 Å². The van der Waals surface area contributed by atoms with E-state index in [1.165, 1.54) is 4.88 Å². The Hall–Kier alpha value is -1.95. The van der Waals surface area contributed by atoms with E-state index >= 15 is 0 Å². The molecule has 0 aliphatic carbocycles. The smallest absolute Gasteiger partial charge is 0.163 e. The van der Waals surface area contributed by atoms with Gasteiger partial charge in [0.05, 0.1) is 17.6 Å². The zero-order valence-electron chi connectivity index (χ0n) is 12.5. The molecule has 1 atom stereocenters. The highest BCUT2D eigenvalue weighted by Crippen LogP contribution is 2.28. The maximum Gasteiger partial charge on any atom is 0.163 e. The summed E-state index contributed by atoms with van der Waals surface area (Å²) in [5.41, 5.74) is 0.880. The molecule has 0 spiro atoms. The summed E-state index contributed by atoms with van der Waals surface area (Å²) in [7, 11) is 1.91. The molecule has 0 radical (unpaired) electrons. The van der Waals surface area contributed by atoms with Crippen LogP contribution in [0.25, 0.3) is 11.0 Å². The minimum atomic E-state index is 0.271. The zero-order chi connectivity index (χ0) is 14.8. The van der Waals surface area contributed by atoms with E-state index in [4.69, 9.17) is 0 Å². The lowest BCUT2D eigenvalue weighted by atomic mass is 10.2. The third kappa shape index (κ3) is 2.63. The van der Waals surface area contributed by atoms with Crippen molar-refractivity contribution in [2.75, 3.05) is 5.32 Å². The standard InChI is InChI=1S/C15H19N5S/c1-4-11(12-7-6-8-21-12)17-14-10-9-16-20(3)15(10)19-13(5-2)18-14/h6-9,11H,4-5H2,1-3H3,(H,17,18,19)/t11-/m1/s1. The van der Waals surface area contributed by atoms with Crippen LogP contribution in [-0.4, -0.2) is 19.7 Å². The zero-order valence-corrected chi connectivity index (χ0v) is 13.3. The van der Waals surface area contributed by atoms with E-state index in [0.717, 1.165) is 35.5 Å². The van der Waals surface area contributed by atoms with Gasteiger partial charge in [0.15, 0.2) is 5.65 Å². The summed E-state index contributed by atoms with van der Waals surface area (Å²) in [6.07, 6.45) is 3.65. The van der Waals surface area contributed by atoms with Crippen molar-refractivity contribution in [3.63, 3.8) is 0 Å². The number of anilines is 1. The van der Waals surface area contributed by atoms with Gasteiger partial charge in [-0.05, 0) is 17.9 Å². The molecular weight excluding hydrogens is 282 g/mol. The Labute approximate surface area is 128 Å². The number of hydrogen-bond acceptors (Lipinski definition) is 5. The lowest BCUT2D eigenvalue weighted by molar-refractivity contribution is 0.755. The highest BCUT2D eigenvalue weighted by molar-refractivity contribution is 7.10. The van der Waals surface area contributed by atoms with Gasteiger partial charge < -0.3 is 5.32 Å². The highest BCUT2D eigenvalue weighted by Gasteiger charge is 2.16. The lowest BCUT2D eigenvalue weighted by Gasteiger charge is -2.17. The van der Waals surface area contributed by atoms with Crippen LogP contribution in [0.1, 0.15) is 37.0 Å². The van der Waals surface area contributed by atoms with Gasteiger partial charge in [0.2, 0.25) is 0 Å². The molecule has 0 fully saturated rings. The molecule has 0 aliphatic rings. The summed E-state index contributed by atoms with van der Waals surface area (Å²) in [6, 6.07) is 4.52. The third-order valence-electron chi connectivity index (χ3n) is 3.56. The molecule has 0 unspecified atom stereocenters. The summed E-state index contributed by atoms with van der Waals surface area (Å²) >= 11 is 1.77. The van der Waals surface area contributed by atoms with Gasteiger partial charge in [-0.1, -0.05) is 19.9 Å². The average molecular weight is 301 g/mol. The molecule has 0 amide bonds. The molecule has 0 saturated heterocycles. The van der Waals surface area contributed by atoms with Crippen LogP contribution in [0.2, 0.25) is 0 Å². The first-order valence-electron chi connectivity index (χ1n) is 7.21. The number of rotatable bonds is 5. The summed E-state index contributed by atoms with van der Waals surface area (Å²) in [6.45, 7) is 4.25. The first kappa shape index (κ1) is 14.0. The van der Waals surface area contributed by atoms with Gasteiger partial charge in [-0.2, -0.15) is 5.10 Å². The number of nitrogens with zero attached hydrogens (tertiary/aromatic N) is 4. The SMILES string of the molecule is CCc1nc(N[C@H](CC)c2cccs2)c2cnn(C)c2n1. The van der Waals surface area contributed by atoms with Crippen molar-refractivity contribution in [2.45, 2.75) is 32.7 Å². The van der Waals surface area contributed by atoms with E-state index in [0.29, 0.717) is 0 Å². The molecule has 0 aliphatic heterocycles. The van der Waals surface area contributed by atoms with Crippen LogP contribution in [0.3, 0.4) is 0 Å². The van der Waals surface area contributed by atoms with E-state index in [1.807, 2.05) is 13.2 Å². The van der Waals surface area contributed by atoms with Gasteiger partial charge in [0.25, 0.3) is 0 Å². The molecule has 3 heterocycles. The fourth-order valence-corrected chi connectivity index (χ4v) is 3.23. The maximum atomic E-state index is 4.66.